The second kappa shape index (κ2) is 10.4. The minimum absolute atomic E-state index is 0.0779. The first-order chi connectivity index (χ1) is 13.1. The summed E-state index contributed by atoms with van der Waals surface area (Å²) in [6.45, 7) is 4.96. The van der Waals surface area contributed by atoms with Crippen molar-refractivity contribution >= 4 is 5.96 Å². The molecule has 0 radical (unpaired) electrons. The second-order valence-corrected chi connectivity index (χ2v) is 5.99. The molecule has 0 fully saturated rings. The molecule has 7 nitrogen and oxygen atoms in total. The van der Waals surface area contributed by atoms with Crippen LogP contribution in [0.3, 0.4) is 0 Å². The molecule has 0 saturated heterocycles. The Bertz CT molecular complexity index is 737. The molecule has 0 bridgehead atoms. The number of hydrogen-bond donors (Lipinski definition) is 3. The summed E-state index contributed by atoms with van der Waals surface area (Å²) in [5.74, 6) is 2.14. The molecule has 0 aliphatic rings. The monoisotopic (exact) mass is 372 g/mol. The third kappa shape index (κ3) is 5.86. The van der Waals surface area contributed by atoms with Crippen molar-refractivity contribution in [1.82, 2.24) is 15.6 Å². The number of nitrogens with zero attached hydrogens (tertiary/aromatic N) is 2. The molecule has 146 valence electrons. The predicted octanol–water partition coefficient (Wildman–Crippen LogP) is 2.45. The Hall–Kier alpha value is -2.80. The maximum absolute atomic E-state index is 10.3. The lowest BCUT2D eigenvalue weighted by Gasteiger charge is -2.21. The van der Waals surface area contributed by atoms with E-state index >= 15 is 0 Å². The van der Waals surface area contributed by atoms with Crippen molar-refractivity contribution in [2.75, 3.05) is 27.3 Å². The number of benzene rings is 1. The number of aromatic nitrogens is 1. The molecule has 0 saturated carbocycles. The highest BCUT2D eigenvalue weighted by Crippen LogP contribution is 2.29. The van der Waals surface area contributed by atoms with Gasteiger partial charge in [-0.25, -0.2) is 0 Å². The van der Waals surface area contributed by atoms with Crippen molar-refractivity contribution in [1.29, 1.82) is 0 Å². The van der Waals surface area contributed by atoms with Crippen LogP contribution >= 0.6 is 0 Å². The van der Waals surface area contributed by atoms with Crippen LogP contribution in [-0.4, -0.2) is 43.4 Å². The molecule has 2 aromatic rings. The number of hydrogen-bond acceptors (Lipinski definition) is 5. The van der Waals surface area contributed by atoms with E-state index in [0.717, 1.165) is 22.6 Å². The molecule has 2 atom stereocenters. The van der Waals surface area contributed by atoms with Crippen LogP contribution in [0.5, 0.6) is 11.5 Å². The number of nitrogens with one attached hydrogen (secondary N) is 2. The van der Waals surface area contributed by atoms with Gasteiger partial charge in [-0.2, -0.15) is 0 Å². The first kappa shape index (κ1) is 20.5. The molecule has 2 unspecified atom stereocenters. The van der Waals surface area contributed by atoms with E-state index in [1.807, 2.05) is 32.0 Å². The van der Waals surface area contributed by atoms with Gasteiger partial charge in [0.2, 0.25) is 0 Å². The fourth-order valence-electron chi connectivity index (χ4n) is 2.65. The zero-order valence-electron chi connectivity index (χ0n) is 16.3. The average molecular weight is 372 g/mol. The van der Waals surface area contributed by atoms with Crippen molar-refractivity contribution in [2.45, 2.75) is 26.0 Å². The van der Waals surface area contributed by atoms with E-state index in [0.29, 0.717) is 12.5 Å². The zero-order chi connectivity index (χ0) is 19.6. The second-order valence-electron chi connectivity index (χ2n) is 5.99. The molecule has 1 aromatic heterocycles. The first-order valence-electron chi connectivity index (χ1n) is 8.93. The summed E-state index contributed by atoms with van der Waals surface area (Å²) in [5.41, 5.74) is 1.74. The Morgan fingerprint density at radius 1 is 1.19 bits per heavy atom. The Kier molecular flexibility index (Phi) is 7.88. The smallest absolute Gasteiger partial charge is 0.191 e. The van der Waals surface area contributed by atoms with E-state index in [9.17, 15) is 5.11 Å². The van der Waals surface area contributed by atoms with Crippen molar-refractivity contribution in [3.63, 3.8) is 0 Å². The van der Waals surface area contributed by atoms with Gasteiger partial charge >= 0.3 is 0 Å². The normalized spacial score (nSPS) is 13.6. The predicted molar refractivity (Wildman–Crippen MR) is 106 cm³/mol. The van der Waals surface area contributed by atoms with Gasteiger partial charge in [0.15, 0.2) is 5.96 Å². The quantitative estimate of drug-likeness (QED) is 0.487. The lowest BCUT2D eigenvalue weighted by molar-refractivity contribution is 0.187. The first-order valence-corrected chi connectivity index (χ1v) is 8.93. The molecule has 0 spiro atoms. The summed E-state index contributed by atoms with van der Waals surface area (Å²) in [5, 5.41) is 16.9. The average Bonchev–Trinajstić information content (AvgIpc) is 2.71. The molecule has 0 aliphatic heterocycles. The van der Waals surface area contributed by atoms with E-state index in [2.05, 4.69) is 20.6 Å². The molecule has 27 heavy (non-hydrogen) atoms. The number of methoxy groups -OCH3 is 2. The van der Waals surface area contributed by atoms with Gasteiger partial charge in [-0.05, 0) is 49.7 Å². The highest BCUT2D eigenvalue weighted by atomic mass is 16.5. The summed E-state index contributed by atoms with van der Waals surface area (Å²) in [7, 11) is 3.28. The summed E-state index contributed by atoms with van der Waals surface area (Å²) >= 11 is 0. The molecule has 7 heteroatoms. The minimum atomic E-state index is -0.690. The zero-order valence-corrected chi connectivity index (χ0v) is 16.3. The summed E-state index contributed by atoms with van der Waals surface area (Å²) in [6.07, 6.45) is 2.62. The Morgan fingerprint density at radius 3 is 2.56 bits per heavy atom. The highest BCUT2D eigenvalue weighted by Gasteiger charge is 2.15. The Morgan fingerprint density at radius 2 is 1.93 bits per heavy atom. The van der Waals surface area contributed by atoms with Crippen molar-refractivity contribution in [3.05, 3.63) is 53.9 Å². The van der Waals surface area contributed by atoms with Gasteiger partial charge in [0.05, 0.1) is 32.9 Å². The number of aliphatic hydroxyl groups excluding tert-OH is 1. The summed E-state index contributed by atoms with van der Waals surface area (Å²) in [4.78, 5) is 8.47. The van der Waals surface area contributed by atoms with Gasteiger partial charge in [-0.15, -0.1) is 0 Å². The van der Waals surface area contributed by atoms with Crippen LogP contribution in [0.2, 0.25) is 0 Å². The standard InChI is InChI=1S/C20H28N4O3/c1-5-22-20(23-13-18(25)15-8-10-21-11-9-15)24-14(2)17-12-16(26-3)6-7-19(17)27-4/h6-12,14,18,25H,5,13H2,1-4H3,(H2,22,23,24). The van der Waals surface area contributed by atoms with E-state index in [1.165, 1.54) is 0 Å². The third-order valence-electron chi connectivity index (χ3n) is 4.11. The van der Waals surface area contributed by atoms with Crippen LogP contribution in [-0.2, 0) is 0 Å². The molecule has 0 aliphatic carbocycles. The van der Waals surface area contributed by atoms with Gasteiger partial charge in [0.1, 0.15) is 11.5 Å². The highest BCUT2D eigenvalue weighted by molar-refractivity contribution is 5.80. The SMILES string of the molecule is CCNC(=NCC(O)c1ccncc1)NC(C)c1cc(OC)ccc1OC. The van der Waals surface area contributed by atoms with Crippen LogP contribution in [0.25, 0.3) is 0 Å². The van der Waals surface area contributed by atoms with E-state index in [-0.39, 0.29) is 12.6 Å². The van der Waals surface area contributed by atoms with Crippen molar-refractivity contribution in [3.8, 4) is 11.5 Å². The van der Waals surface area contributed by atoms with Crippen LogP contribution in [0, 0.1) is 0 Å². The number of rotatable bonds is 8. The van der Waals surface area contributed by atoms with Gasteiger partial charge in [-0.1, -0.05) is 0 Å². The van der Waals surface area contributed by atoms with Gasteiger partial charge in [0, 0.05) is 24.5 Å². The Labute approximate surface area is 160 Å². The summed E-state index contributed by atoms with van der Waals surface area (Å²) in [6, 6.07) is 9.16. The van der Waals surface area contributed by atoms with E-state index < -0.39 is 6.10 Å². The van der Waals surface area contributed by atoms with E-state index in [4.69, 9.17) is 9.47 Å². The third-order valence-corrected chi connectivity index (χ3v) is 4.11. The Balaban J connectivity index is 2.12. The number of aliphatic hydroxyl groups is 1. The topological polar surface area (TPSA) is 88.0 Å². The lowest BCUT2D eigenvalue weighted by atomic mass is 10.1. The molecule has 1 heterocycles. The number of guanidine groups is 1. The molecule has 0 amide bonds. The summed E-state index contributed by atoms with van der Waals surface area (Å²) < 4.78 is 10.8. The van der Waals surface area contributed by atoms with E-state index in [1.54, 1.807) is 38.7 Å². The molecular weight excluding hydrogens is 344 g/mol. The van der Waals surface area contributed by atoms with Crippen LogP contribution in [0.15, 0.2) is 47.7 Å². The van der Waals surface area contributed by atoms with Gasteiger partial charge < -0.3 is 25.2 Å². The van der Waals surface area contributed by atoms with Gasteiger partial charge in [0.25, 0.3) is 0 Å². The largest absolute Gasteiger partial charge is 0.497 e. The minimum Gasteiger partial charge on any atom is -0.497 e. The van der Waals surface area contributed by atoms with Crippen LogP contribution in [0.1, 0.15) is 37.1 Å². The molecule has 2 rings (SSSR count). The van der Waals surface area contributed by atoms with Crippen molar-refractivity contribution < 1.29 is 14.6 Å². The number of ether oxygens (including phenoxy) is 2. The maximum Gasteiger partial charge on any atom is 0.191 e. The lowest BCUT2D eigenvalue weighted by Crippen LogP contribution is -2.39. The molecule has 3 N–H and O–H groups in total. The fraction of sp³-hybridized carbons (Fsp3) is 0.400. The number of pyridine rings is 1. The van der Waals surface area contributed by atoms with Crippen molar-refractivity contribution in [2.24, 2.45) is 4.99 Å². The molecule has 1 aromatic carbocycles. The van der Waals surface area contributed by atoms with Crippen LogP contribution < -0.4 is 20.1 Å². The maximum atomic E-state index is 10.3. The fourth-order valence-corrected chi connectivity index (χ4v) is 2.65. The van der Waals surface area contributed by atoms with Gasteiger partial charge in [-0.3, -0.25) is 9.98 Å². The molecular formula is C20H28N4O3. The number of aliphatic imine (C=N–C) groups is 1. The van der Waals surface area contributed by atoms with Crippen LogP contribution in [0.4, 0.5) is 0 Å².